The van der Waals surface area contributed by atoms with Gasteiger partial charge in [0.2, 0.25) is 0 Å². The minimum atomic E-state index is -0.553. The molecule has 1 saturated carbocycles. The Labute approximate surface area is 215 Å². The molecule has 1 aliphatic carbocycles. The number of esters is 1. The number of ether oxygens (including phenoxy) is 2. The van der Waals surface area contributed by atoms with Crippen molar-refractivity contribution in [1.29, 1.82) is 0 Å². The quantitative estimate of drug-likeness (QED) is 0.332. The van der Waals surface area contributed by atoms with Crippen LogP contribution in [-0.2, 0) is 26.7 Å². The molecule has 0 spiro atoms. The molecule has 2 heterocycles. The summed E-state index contributed by atoms with van der Waals surface area (Å²) in [6.45, 7) is 1.83. The van der Waals surface area contributed by atoms with Crippen LogP contribution in [0.4, 0.5) is 10.6 Å². The van der Waals surface area contributed by atoms with E-state index in [0.717, 1.165) is 46.4 Å². The fourth-order valence-electron chi connectivity index (χ4n) is 4.48. The molecular formula is C29H28N4O4. The summed E-state index contributed by atoms with van der Waals surface area (Å²) in [4.78, 5) is 29.4. The Balaban J connectivity index is 1.30. The summed E-state index contributed by atoms with van der Waals surface area (Å²) < 4.78 is 12.1. The van der Waals surface area contributed by atoms with Crippen LogP contribution < -0.4 is 5.32 Å². The van der Waals surface area contributed by atoms with Crippen molar-refractivity contribution in [2.24, 2.45) is 7.05 Å². The smallest absolute Gasteiger partial charge is 0.413 e. The Hall–Kier alpha value is -4.46. The number of nitrogens with zero attached hydrogens (tertiary/aromatic N) is 3. The molecule has 2 aromatic heterocycles. The van der Waals surface area contributed by atoms with Gasteiger partial charge >= 0.3 is 12.1 Å². The van der Waals surface area contributed by atoms with Crippen LogP contribution in [0.25, 0.3) is 22.4 Å². The van der Waals surface area contributed by atoms with Crippen molar-refractivity contribution in [1.82, 2.24) is 14.8 Å². The Morgan fingerprint density at radius 3 is 2.30 bits per heavy atom. The van der Waals surface area contributed by atoms with Crippen molar-refractivity contribution in [3.8, 4) is 22.4 Å². The van der Waals surface area contributed by atoms with Crippen molar-refractivity contribution in [2.45, 2.75) is 31.3 Å². The minimum absolute atomic E-state index is 0.203. The van der Waals surface area contributed by atoms with E-state index in [1.807, 2.05) is 73.7 Å². The van der Waals surface area contributed by atoms with E-state index in [1.54, 1.807) is 24.1 Å². The monoisotopic (exact) mass is 496 g/mol. The van der Waals surface area contributed by atoms with Gasteiger partial charge < -0.3 is 9.47 Å². The van der Waals surface area contributed by atoms with Crippen LogP contribution in [0.1, 0.15) is 37.0 Å². The molecule has 0 bridgehead atoms. The lowest BCUT2D eigenvalue weighted by atomic mass is 9.97. The van der Waals surface area contributed by atoms with Gasteiger partial charge in [-0.1, -0.05) is 60.7 Å². The second-order valence-electron chi connectivity index (χ2n) is 9.20. The maximum absolute atomic E-state index is 12.6. The van der Waals surface area contributed by atoms with E-state index < -0.39 is 17.6 Å². The predicted molar refractivity (Wildman–Crippen MR) is 140 cm³/mol. The molecule has 0 aliphatic heterocycles. The van der Waals surface area contributed by atoms with Gasteiger partial charge in [0, 0.05) is 24.4 Å². The highest BCUT2D eigenvalue weighted by atomic mass is 16.6. The van der Waals surface area contributed by atoms with Crippen LogP contribution in [0.3, 0.4) is 0 Å². The van der Waals surface area contributed by atoms with Gasteiger partial charge in [-0.05, 0) is 42.5 Å². The van der Waals surface area contributed by atoms with E-state index >= 15 is 0 Å². The highest BCUT2D eigenvalue weighted by molar-refractivity contribution is 5.90. The zero-order valence-electron chi connectivity index (χ0n) is 21.0. The Morgan fingerprint density at radius 1 is 0.973 bits per heavy atom. The first-order valence-corrected chi connectivity index (χ1v) is 12.1. The number of amides is 1. The molecule has 1 N–H and O–H groups in total. The summed E-state index contributed by atoms with van der Waals surface area (Å²) in [7, 11) is 3.18. The van der Waals surface area contributed by atoms with Gasteiger partial charge in [-0.2, -0.15) is 5.10 Å². The largest absolute Gasteiger partial charge is 0.468 e. The van der Waals surface area contributed by atoms with Gasteiger partial charge in [0.15, 0.2) is 0 Å². The fourth-order valence-corrected chi connectivity index (χ4v) is 4.48. The van der Waals surface area contributed by atoms with Gasteiger partial charge in [0.05, 0.1) is 24.4 Å². The number of hydrogen-bond donors (Lipinski definition) is 1. The van der Waals surface area contributed by atoms with Gasteiger partial charge in [0.1, 0.15) is 11.9 Å². The predicted octanol–water partition coefficient (Wildman–Crippen LogP) is 5.66. The molecule has 0 saturated heterocycles. The lowest BCUT2D eigenvalue weighted by molar-refractivity contribution is -0.143. The van der Waals surface area contributed by atoms with E-state index in [4.69, 9.17) is 9.47 Å². The maximum atomic E-state index is 12.6. The topological polar surface area (TPSA) is 95.3 Å². The highest BCUT2D eigenvalue weighted by Gasteiger charge is 2.52. The number of pyridine rings is 1. The SMILES string of the molecule is COC(=O)C1(c2ccc(-c3ccc(-c4cnn(C)c4NC(=O)OC(C)c4ccccc4)cc3)nc2)CC1. The Bertz CT molecular complexity index is 1410. The van der Waals surface area contributed by atoms with E-state index in [1.165, 1.54) is 7.11 Å². The average Bonchev–Trinajstić information content (AvgIpc) is 3.67. The molecule has 4 aromatic rings. The first kappa shape index (κ1) is 24.2. The summed E-state index contributed by atoms with van der Waals surface area (Å²) in [6, 6.07) is 21.3. The van der Waals surface area contributed by atoms with Crippen LogP contribution in [-0.4, -0.2) is 33.9 Å². The molecule has 37 heavy (non-hydrogen) atoms. The van der Waals surface area contributed by atoms with Gasteiger partial charge in [-0.25, -0.2) is 4.79 Å². The summed E-state index contributed by atoms with van der Waals surface area (Å²) in [6.07, 6.45) is 4.10. The first-order chi connectivity index (χ1) is 17.9. The third-order valence-electron chi connectivity index (χ3n) is 6.85. The first-order valence-electron chi connectivity index (χ1n) is 12.1. The summed E-state index contributed by atoms with van der Waals surface area (Å²) >= 11 is 0. The van der Waals surface area contributed by atoms with Crippen LogP contribution in [0.15, 0.2) is 79.1 Å². The number of hydrogen-bond acceptors (Lipinski definition) is 6. The molecule has 8 nitrogen and oxygen atoms in total. The van der Waals surface area contributed by atoms with Crippen molar-refractivity contribution in [2.75, 3.05) is 12.4 Å². The summed E-state index contributed by atoms with van der Waals surface area (Å²) in [5, 5.41) is 7.15. The van der Waals surface area contributed by atoms with E-state index in [-0.39, 0.29) is 5.97 Å². The normalized spacial score (nSPS) is 14.5. The summed E-state index contributed by atoms with van der Waals surface area (Å²) in [5.74, 6) is 0.337. The second kappa shape index (κ2) is 9.89. The van der Waals surface area contributed by atoms with Crippen molar-refractivity contribution in [3.63, 3.8) is 0 Å². The third kappa shape index (κ3) is 4.82. The highest BCUT2D eigenvalue weighted by Crippen LogP contribution is 2.49. The molecule has 2 aromatic carbocycles. The molecule has 5 rings (SSSR count). The summed E-state index contributed by atoms with van der Waals surface area (Å²) in [5.41, 5.74) is 4.68. The molecule has 1 atom stereocenters. The van der Waals surface area contributed by atoms with Crippen LogP contribution in [0, 0.1) is 0 Å². The molecule has 1 amide bonds. The number of nitrogens with one attached hydrogen (secondary N) is 1. The molecule has 1 fully saturated rings. The van der Waals surface area contributed by atoms with E-state index in [2.05, 4.69) is 15.4 Å². The number of anilines is 1. The van der Waals surface area contributed by atoms with Gasteiger partial charge in [0.25, 0.3) is 0 Å². The number of carbonyl (C=O) groups is 2. The lowest BCUT2D eigenvalue weighted by Crippen LogP contribution is -2.21. The van der Waals surface area contributed by atoms with Crippen molar-refractivity contribution >= 4 is 17.9 Å². The van der Waals surface area contributed by atoms with Crippen molar-refractivity contribution < 1.29 is 19.1 Å². The number of methoxy groups -OCH3 is 1. The maximum Gasteiger partial charge on any atom is 0.413 e. The Kier molecular flexibility index (Phi) is 6.48. The Morgan fingerprint density at radius 2 is 1.68 bits per heavy atom. The molecule has 188 valence electrons. The zero-order valence-corrected chi connectivity index (χ0v) is 21.0. The molecular weight excluding hydrogens is 468 g/mol. The molecule has 8 heteroatoms. The molecule has 1 aliphatic rings. The number of rotatable bonds is 7. The number of benzene rings is 2. The lowest BCUT2D eigenvalue weighted by Gasteiger charge is -2.15. The standard InChI is InChI=1S/C29H28N4O4/c1-19(20-7-5-4-6-8-20)37-28(35)32-26-24(18-31-33(26)2)21-9-11-22(12-10-21)25-14-13-23(17-30-25)29(15-16-29)27(34)36-3/h4-14,17-19H,15-16H2,1-3H3,(H,32,35). The fraction of sp³-hybridized carbons (Fsp3) is 0.241. The van der Waals surface area contributed by atoms with Gasteiger partial charge in [-0.15, -0.1) is 0 Å². The van der Waals surface area contributed by atoms with Gasteiger partial charge in [-0.3, -0.25) is 19.8 Å². The van der Waals surface area contributed by atoms with Crippen LogP contribution in [0.2, 0.25) is 0 Å². The minimum Gasteiger partial charge on any atom is -0.468 e. The number of aromatic nitrogens is 3. The number of carbonyl (C=O) groups excluding carboxylic acids is 2. The van der Waals surface area contributed by atoms with E-state index in [9.17, 15) is 9.59 Å². The third-order valence-corrected chi connectivity index (χ3v) is 6.85. The molecule has 1 unspecified atom stereocenters. The molecule has 0 radical (unpaired) electrons. The number of aryl methyl sites for hydroxylation is 1. The van der Waals surface area contributed by atoms with E-state index in [0.29, 0.717) is 5.82 Å². The van der Waals surface area contributed by atoms with Crippen LogP contribution >= 0.6 is 0 Å². The van der Waals surface area contributed by atoms with Crippen LogP contribution in [0.5, 0.6) is 0 Å². The second-order valence-corrected chi connectivity index (χ2v) is 9.20. The van der Waals surface area contributed by atoms with Crippen molar-refractivity contribution in [3.05, 3.63) is 90.3 Å². The zero-order chi connectivity index (χ0) is 26.0. The average molecular weight is 497 g/mol.